The zero-order chi connectivity index (χ0) is 17.5. The van der Waals surface area contributed by atoms with Crippen LogP contribution in [-0.4, -0.2) is 12.6 Å². The van der Waals surface area contributed by atoms with E-state index >= 15 is 0 Å². The number of halogens is 2. The molecule has 0 fully saturated rings. The van der Waals surface area contributed by atoms with E-state index in [0.717, 1.165) is 5.56 Å². The number of rotatable bonds is 6. The molecule has 5 heteroatoms. The molecular formula is C19H17Cl2NO2. The minimum atomic E-state index is -0.607. The molecule has 2 aromatic rings. The molecule has 0 N–H and O–H groups in total. The third-order valence-electron chi connectivity index (χ3n) is 3.77. The Kier molecular flexibility index (Phi) is 6.66. The molecule has 2 atom stereocenters. The number of nitrogens with zero attached hydrogens (tertiary/aromatic N) is 1. The van der Waals surface area contributed by atoms with E-state index in [0.29, 0.717) is 15.6 Å². The van der Waals surface area contributed by atoms with Gasteiger partial charge in [-0.2, -0.15) is 5.26 Å². The molecule has 24 heavy (non-hydrogen) atoms. The predicted octanol–water partition coefficient (Wildman–Crippen LogP) is 5.34. The van der Waals surface area contributed by atoms with Gasteiger partial charge in [-0.3, -0.25) is 4.79 Å². The molecule has 0 aliphatic carbocycles. The fourth-order valence-corrected chi connectivity index (χ4v) is 3.28. The highest BCUT2D eigenvalue weighted by molar-refractivity contribution is 6.35. The summed E-state index contributed by atoms with van der Waals surface area (Å²) >= 11 is 12.3. The van der Waals surface area contributed by atoms with Crippen LogP contribution >= 0.6 is 23.2 Å². The summed E-state index contributed by atoms with van der Waals surface area (Å²) in [5.41, 5.74) is 1.51. The Morgan fingerprint density at radius 2 is 1.92 bits per heavy atom. The normalized spacial score (nSPS) is 12.9. The lowest BCUT2D eigenvalue weighted by Crippen LogP contribution is -2.23. The first-order valence-electron chi connectivity index (χ1n) is 7.62. The number of nitriles is 1. The average Bonchev–Trinajstić information content (AvgIpc) is 2.56. The van der Waals surface area contributed by atoms with Crippen molar-refractivity contribution in [2.45, 2.75) is 25.2 Å². The van der Waals surface area contributed by atoms with Crippen LogP contribution in [-0.2, 0) is 9.53 Å². The first-order chi connectivity index (χ1) is 11.6. The first kappa shape index (κ1) is 18.3. The van der Waals surface area contributed by atoms with E-state index in [1.54, 1.807) is 25.1 Å². The zero-order valence-corrected chi connectivity index (χ0v) is 14.7. The second kappa shape index (κ2) is 8.73. The molecule has 0 amide bonds. The number of esters is 1. The van der Waals surface area contributed by atoms with Crippen molar-refractivity contribution in [2.24, 2.45) is 0 Å². The monoisotopic (exact) mass is 361 g/mol. The number of hydrogen-bond donors (Lipinski definition) is 0. The van der Waals surface area contributed by atoms with Gasteiger partial charge in [0.15, 0.2) is 0 Å². The Hall–Kier alpha value is -2.02. The van der Waals surface area contributed by atoms with Crippen LogP contribution in [0, 0.1) is 11.3 Å². The quantitative estimate of drug-likeness (QED) is 0.652. The molecule has 124 valence electrons. The summed E-state index contributed by atoms with van der Waals surface area (Å²) in [5.74, 6) is -1.39. The highest BCUT2D eigenvalue weighted by Gasteiger charge is 2.33. The summed E-state index contributed by atoms with van der Waals surface area (Å²) < 4.78 is 5.25. The van der Waals surface area contributed by atoms with E-state index in [4.69, 9.17) is 27.9 Å². The Balaban J connectivity index is 2.53. The number of hydrogen-bond acceptors (Lipinski definition) is 3. The minimum Gasteiger partial charge on any atom is -0.466 e. The van der Waals surface area contributed by atoms with Gasteiger partial charge in [0, 0.05) is 22.4 Å². The lowest BCUT2D eigenvalue weighted by molar-refractivity contribution is -0.145. The van der Waals surface area contributed by atoms with Gasteiger partial charge in [0.05, 0.1) is 18.6 Å². The number of benzene rings is 2. The lowest BCUT2D eigenvalue weighted by Gasteiger charge is -2.25. The summed E-state index contributed by atoms with van der Waals surface area (Å²) in [5, 5.41) is 10.2. The Bertz CT molecular complexity index is 741. The molecule has 0 saturated carbocycles. The summed E-state index contributed by atoms with van der Waals surface area (Å²) in [6.45, 7) is 2.03. The topological polar surface area (TPSA) is 50.1 Å². The average molecular weight is 362 g/mol. The van der Waals surface area contributed by atoms with Crippen LogP contribution in [0.5, 0.6) is 0 Å². The fraction of sp³-hybridized carbons (Fsp3) is 0.263. The molecular weight excluding hydrogens is 345 g/mol. The van der Waals surface area contributed by atoms with Crippen molar-refractivity contribution in [3.63, 3.8) is 0 Å². The van der Waals surface area contributed by atoms with Crippen molar-refractivity contribution in [1.29, 1.82) is 5.26 Å². The summed E-state index contributed by atoms with van der Waals surface area (Å²) in [6.07, 6.45) is 0.139. The highest BCUT2D eigenvalue weighted by atomic mass is 35.5. The van der Waals surface area contributed by atoms with Gasteiger partial charge in [0.1, 0.15) is 0 Å². The van der Waals surface area contributed by atoms with E-state index in [2.05, 4.69) is 6.07 Å². The maximum atomic E-state index is 12.6. The SMILES string of the molecule is CCOC(=O)C(c1ccccc1)C(CC#N)c1ccc(Cl)cc1Cl. The third kappa shape index (κ3) is 4.29. The van der Waals surface area contributed by atoms with Gasteiger partial charge >= 0.3 is 5.97 Å². The summed E-state index contributed by atoms with van der Waals surface area (Å²) in [7, 11) is 0. The van der Waals surface area contributed by atoms with E-state index < -0.39 is 11.8 Å². The first-order valence-corrected chi connectivity index (χ1v) is 8.37. The predicted molar refractivity (Wildman–Crippen MR) is 95.2 cm³/mol. The molecule has 0 aliphatic heterocycles. The number of carbonyl (C=O) groups excluding carboxylic acids is 1. The van der Waals surface area contributed by atoms with Crippen molar-refractivity contribution in [1.82, 2.24) is 0 Å². The molecule has 0 aromatic heterocycles. The van der Waals surface area contributed by atoms with Crippen molar-refractivity contribution >= 4 is 29.2 Å². The van der Waals surface area contributed by atoms with Gasteiger partial charge in [0.2, 0.25) is 0 Å². The summed E-state index contributed by atoms with van der Waals surface area (Å²) in [4.78, 5) is 12.6. The lowest BCUT2D eigenvalue weighted by atomic mass is 9.79. The molecule has 0 aliphatic rings. The van der Waals surface area contributed by atoms with Gasteiger partial charge < -0.3 is 4.74 Å². The third-order valence-corrected chi connectivity index (χ3v) is 4.34. The van der Waals surface area contributed by atoms with Gasteiger partial charge in [0.25, 0.3) is 0 Å². The maximum Gasteiger partial charge on any atom is 0.314 e. The van der Waals surface area contributed by atoms with Crippen LogP contribution in [0.4, 0.5) is 0 Å². The van der Waals surface area contributed by atoms with Gasteiger partial charge in [-0.05, 0) is 30.2 Å². The Labute approximate surface area is 151 Å². The van der Waals surface area contributed by atoms with Gasteiger partial charge in [-0.15, -0.1) is 0 Å². The molecule has 2 rings (SSSR count). The number of carbonyl (C=O) groups is 1. The van der Waals surface area contributed by atoms with Crippen LogP contribution < -0.4 is 0 Å². The summed E-state index contributed by atoms with van der Waals surface area (Å²) in [6, 6.07) is 16.6. The Morgan fingerprint density at radius 3 is 2.50 bits per heavy atom. The Morgan fingerprint density at radius 1 is 1.21 bits per heavy atom. The van der Waals surface area contributed by atoms with Crippen molar-refractivity contribution in [3.05, 3.63) is 69.7 Å². The van der Waals surface area contributed by atoms with Gasteiger partial charge in [-0.1, -0.05) is 59.6 Å². The van der Waals surface area contributed by atoms with Crippen molar-refractivity contribution < 1.29 is 9.53 Å². The van der Waals surface area contributed by atoms with Crippen LogP contribution in [0.25, 0.3) is 0 Å². The van der Waals surface area contributed by atoms with Gasteiger partial charge in [-0.25, -0.2) is 0 Å². The van der Waals surface area contributed by atoms with E-state index in [1.807, 2.05) is 30.3 Å². The molecule has 3 nitrogen and oxygen atoms in total. The molecule has 0 spiro atoms. The van der Waals surface area contributed by atoms with Crippen LogP contribution in [0.3, 0.4) is 0 Å². The van der Waals surface area contributed by atoms with Crippen LogP contribution in [0.15, 0.2) is 48.5 Å². The molecule has 0 heterocycles. The number of ether oxygens (including phenoxy) is 1. The zero-order valence-electron chi connectivity index (χ0n) is 13.2. The molecule has 0 radical (unpaired) electrons. The maximum absolute atomic E-state index is 12.6. The fourth-order valence-electron chi connectivity index (χ4n) is 2.73. The second-order valence-electron chi connectivity index (χ2n) is 5.27. The second-order valence-corrected chi connectivity index (χ2v) is 6.12. The minimum absolute atomic E-state index is 0.139. The highest BCUT2D eigenvalue weighted by Crippen LogP contribution is 2.40. The largest absolute Gasteiger partial charge is 0.466 e. The van der Waals surface area contributed by atoms with E-state index in [9.17, 15) is 10.1 Å². The molecule has 2 aromatic carbocycles. The van der Waals surface area contributed by atoms with Crippen LogP contribution in [0.1, 0.15) is 36.3 Å². The van der Waals surface area contributed by atoms with Crippen LogP contribution in [0.2, 0.25) is 10.0 Å². The standard InChI is InChI=1S/C19H17Cl2NO2/c1-2-24-19(23)18(13-6-4-3-5-7-13)16(10-11-22)15-9-8-14(20)12-17(15)21/h3-9,12,16,18H,2,10H2,1H3. The van der Waals surface area contributed by atoms with E-state index in [-0.39, 0.29) is 19.0 Å². The molecule has 0 saturated heterocycles. The molecule has 2 unspecified atom stereocenters. The van der Waals surface area contributed by atoms with Crippen molar-refractivity contribution in [2.75, 3.05) is 6.61 Å². The van der Waals surface area contributed by atoms with E-state index in [1.165, 1.54) is 0 Å². The smallest absolute Gasteiger partial charge is 0.314 e. The van der Waals surface area contributed by atoms with Crippen molar-refractivity contribution in [3.8, 4) is 6.07 Å². The molecule has 0 bridgehead atoms.